The lowest BCUT2D eigenvalue weighted by Gasteiger charge is -2.09. The fourth-order valence-electron chi connectivity index (χ4n) is 2.99. The van der Waals surface area contributed by atoms with Crippen LogP contribution in [0.25, 0.3) is 11.1 Å². The summed E-state index contributed by atoms with van der Waals surface area (Å²) in [5, 5.41) is 0. The number of ether oxygens (including phenoxy) is 2. The van der Waals surface area contributed by atoms with Gasteiger partial charge in [-0.25, -0.2) is 4.79 Å². The van der Waals surface area contributed by atoms with E-state index in [1.54, 1.807) is 19.2 Å². The molecule has 0 aliphatic heterocycles. The second-order valence-corrected chi connectivity index (χ2v) is 7.06. The zero-order valence-electron chi connectivity index (χ0n) is 16.6. The number of methoxy groups -OCH3 is 1. The molecule has 3 heteroatoms. The maximum atomic E-state index is 12.4. The van der Waals surface area contributed by atoms with Crippen LogP contribution < -0.4 is 9.47 Å². The fraction of sp³-hybridized carbons (Fsp3) is 0.240. The molecule has 0 aliphatic rings. The van der Waals surface area contributed by atoms with Crippen molar-refractivity contribution in [3.8, 4) is 22.6 Å². The summed E-state index contributed by atoms with van der Waals surface area (Å²) in [7, 11) is 1.65. The molecule has 0 aromatic heterocycles. The first-order valence-electron chi connectivity index (χ1n) is 9.64. The highest BCUT2D eigenvalue weighted by atomic mass is 16.5. The second kappa shape index (κ2) is 9.23. The van der Waals surface area contributed by atoms with Gasteiger partial charge in [0.15, 0.2) is 0 Å². The van der Waals surface area contributed by atoms with Crippen LogP contribution in [0.2, 0.25) is 0 Å². The average Bonchev–Trinajstić information content (AvgIpc) is 2.75. The standard InChI is InChI=1S/C25H26O3/c1-4-18(2)17-19-5-13-24(14-6-19)28-25(26)22-9-7-20(8-10-22)21-11-15-23(27-3)16-12-21/h5-16,18H,4,17H2,1-3H3. The minimum absolute atomic E-state index is 0.351. The van der Waals surface area contributed by atoms with Crippen LogP contribution in [0.5, 0.6) is 11.5 Å². The molecule has 3 nitrogen and oxygen atoms in total. The van der Waals surface area contributed by atoms with Crippen molar-refractivity contribution < 1.29 is 14.3 Å². The molecule has 1 unspecified atom stereocenters. The Hall–Kier alpha value is -3.07. The molecule has 0 saturated carbocycles. The first-order chi connectivity index (χ1) is 13.6. The van der Waals surface area contributed by atoms with Gasteiger partial charge < -0.3 is 9.47 Å². The molecule has 0 heterocycles. The normalized spacial score (nSPS) is 11.7. The Kier molecular flexibility index (Phi) is 6.49. The van der Waals surface area contributed by atoms with Gasteiger partial charge in [-0.15, -0.1) is 0 Å². The molecule has 0 N–H and O–H groups in total. The van der Waals surface area contributed by atoms with E-state index in [0.29, 0.717) is 17.2 Å². The van der Waals surface area contributed by atoms with E-state index in [-0.39, 0.29) is 5.97 Å². The number of carbonyl (C=O) groups is 1. The largest absolute Gasteiger partial charge is 0.497 e. The number of hydrogen-bond donors (Lipinski definition) is 0. The quantitative estimate of drug-likeness (QED) is 0.366. The van der Waals surface area contributed by atoms with Crippen LogP contribution >= 0.6 is 0 Å². The van der Waals surface area contributed by atoms with Gasteiger partial charge in [-0.3, -0.25) is 0 Å². The molecular weight excluding hydrogens is 348 g/mol. The summed E-state index contributed by atoms with van der Waals surface area (Å²) in [5.41, 5.74) is 3.89. The van der Waals surface area contributed by atoms with Crippen molar-refractivity contribution in [2.45, 2.75) is 26.7 Å². The topological polar surface area (TPSA) is 35.5 Å². The van der Waals surface area contributed by atoms with Gasteiger partial charge >= 0.3 is 5.97 Å². The maximum absolute atomic E-state index is 12.4. The molecule has 0 saturated heterocycles. The summed E-state index contributed by atoms with van der Waals surface area (Å²) in [6.07, 6.45) is 2.20. The number of esters is 1. The minimum atomic E-state index is -0.351. The molecule has 0 radical (unpaired) electrons. The van der Waals surface area contributed by atoms with Gasteiger partial charge in [0.25, 0.3) is 0 Å². The van der Waals surface area contributed by atoms with Gasteiger partial charge in [0.05, 0.1) is 12.7 Å². The van der Waals surface area contributed by atoms with Crippen molar-refractivity contribution in [2.75, 3.05) is 7.11 Å². The van der Waals surface area contributed by atoms with Crippen molar-refractivity contribution in [3.05, 3.63) is 83.9 Å². The molecule has 0 aliphatic carbocycles. The van der Waals surface area contributed by atoms with E-state index in [0.717, 1.165) is 29.7 Å². The van der Waals surface area contributed by atoms with Gasteiger partial charge in [-0.2, -0.15) is 0 Å². The lowest BCUT2D eigenvalue weighted by Crippen LogP contribution is -2.08. The molecule has 144 valence electrons. The molecule has 3 aromatic rings. The van der Waals surface area contributed by atoms with Crippen molar-refractivity contribution >= 4 is 5.97 Å². The Morgan fingerprint density at radius 3 is 1.89 bits per heavy atom. The molecule has 28 heavy (non-hydrogen) atoms. The molecule has 3 aromatic carbocycles. The van der Waals surface area contributed by atoms with Crippen LogP contribution in [0.1, 0.15) is 36.2 Å². The number of rotatable bonds is 7. The predicted molar refractivity (Wildman–Crippen MR) is 113 cm³/mol. The summed E-state index contributed by atoms with van der Waals surface area (Å²) in [4.78, 5) is 12.4. The van der Waals surface area contributed by atoms with Crippen LogP contribution in [-0.4, -0.2) is 13.1 Å². The van der Waals surface area contributed by atoms with E-state index in [1.165, 1.54) is 5.56 Å². The van der Waals surface area contributed by atoms with E-state index in [9.17, 15) is 4.79 Å². The molecule has 3 rings (SSSR count). The van der Waals surface area contributed by atoms with Gasteiger partial charge in [0.1, 0.15) is 11.5 Å². The van der Waals surface area contributed by atoms with Crippen LogP contribution in [0.4, 0.5) is 0 Å². The number of benzene rings is 3. The Labute approximate surface area is 166 Å². The lowest BCUT2D eigenvalue weighted by atomic mass is 9.99. The summed E-state index contributed by atoms with van der Waals surface area (Å²) in [6.45, 7) is 4.43. The minimum Gasteiger partial charge on any atom is -0.497 e. The first-order valence-corrected chi connectivity index (χ1v) is 9.64. The van der Waals surface area contributed by atoms with Gasteiger partial charge in [0, 0.05) is 0 Å². The third-order valence-corrected chi connectivity index (χ3v) is 4.96. The number of carbonyl (C=O) groups excluding carboxylic acids is 1. The summed E-state index contributed by atoms with van der Waals surface area (Å²) < 4.78 is 10.7. The highest BCUT2D eigenvalue weighted by molar-refractivity contribution is 5.91. The predicted octanol–water partition coefficient (Wildman–Crippen LogP) is 6.17. The van der Waals surface area contributed by atoms with Crippen LogP contribution in [0, 0.1) is 5.92 Å². The van der Waals surface area contributed by atoms with Gasteiger partial charge in [-0.05, 0) is 65.4 Å². The third kappa shape index (κ3) is 5.01. The van der Waals surface area contributed by atoms with E-state index >= 15 is 0 Å². The molecule has 1 atom stereocenters. The average molecular weight is 374 g/mol. The maximum Gasteiger partial charge on any atom is 0.343 e. The highest BCUT2D eigenvalue weighted by Gasteiger charge is 2.10. The van der Waals surface area contributed by atoms with Crippen molar-refractivity contribution in [2.24, 2.45) is 5.92 Å². The molecule has 0 fully saturated rings. The van der Waals surface area contributed by atoms with Crippen LogP contribution in [0.15, 0.2) is 72.8 Å². The zero-order chi connectivity index (χ0) is 19.9. The molecule has 0 amide bonds. The Morgan fingerprint density at radius 2 is 1.36 bits per heavy atom. The van der Waals surface area contributed by atoms with Crippen molar-refractivity contribution in [3.63, 3.8) is 0 Å². The summed E-state index contributed by atoms with van der Waals surface area (Å²) in [5.74, 6) is 1.69. The van der Waals surface area contributed by atoms with Gasteiger partial charge in [-0.1, -0.05) is 56.7 Å². The van der Waals surface area contributed by atoms with Crippen molar-refractivity contribution in [1.29, 1.82) is 0 Å². The Balaban J connectivity index is 1.64. The highest BCUT2D eigenvalue weighted by Crippen LogP contribution is 2.23. The zero-order valence-corrected chi connectivity index (χ0v) is 16.6. The molecule has 0 bridgehead atoms. The van der Waals surface area contributed by atoms with E-state index in [1.807, 2.05) is 60.7 Å². The smallest absolute Gasteiger partial charge is 0.343 e. The third-order valence-electron chi connectivity index (χ3n) is 4.96. The SMILES string of the molecule is CCC(C)Cc1ccc(OC(=O)c2ccc(-c3ccc(OC)cc3)cc2)cc1. The van der Waals surface area contributed by atoms with Crippen LogP contribution in [-0.2, 0) is 6.42 Å². The van der Waals surface area contributed by atoms with Gasteiger partial charge in [0.2, 0.25) is 0 Å². The monoisotopic (exact) mass is 374 g/mol. The van der Waals surface area contributed by atoms with E-state index < -0.39 is 0 Å². The fourth-order valence-corrected chi connectivity index (χ4v) is 2.99. The molecule has 0 spiro atoms. The first kappa shape index (κ1) is 19.7. The number of hydrogen-bond acceptors (Lipinski definition) is 3. The second-order valence-electron chi connectivity index (χ2n) is 7.06. The van der Waals surface area contributed by atoms with E-state index in [4.69, 9.17) is 9.47 Å². The summed E-state index contributed by atoms with van der Waals surface area (Å²) in [6, 6.07) is 23.0. The molecular formula is C25H26O3. The Bertz CT molecular complexity index is 894. The van der Waals surface area contributed by atoms with Crippen molar-refractivity contribution in [1.82, 2.24) is 0 Å². The Morgan fingerprint density at radius 1 is 0.821 bits per heavy atom. The van der Waals surface area contributed by atoms with Crippen LogP contribution in [0.3, 0.4) is 0 Å². The van der Waals surface area contributed by atoms with E-state index in [2.05, 4.69) is 13.8 Å². The lowest BCUT2D eigenvalue weighted by molar-refractivity contribution is 0.0734. The summed E-state index contributed by atoms with van der Waals surface area (Å²) >= 11 is 0.